The summed E-state index contributed by atoms with van der Waals surface area (Å²) in [5.41, 5.74) is 1.85. The van der Waals surface area contributed by atoms with Crippen molar-refractivity contribution >= 4 is 28.9 Å². The van der Waals surface area contributed by atoms with E-state index in [0.717, 1.165) is 36.7 Å². The molecule has 0 radical (unpaired) electrons. The Bertz CT molecular complexity index is 667. The third-order valence-electron chi connectivity index (χ3n) is 3.26. The molecule has 5 nitrogen and oxygen atoms in total. The quantitative estimate of drug-likeness (QED) is 0.534. The van der Waals surface area contributed by atoms with Crippen LogP contribution in [0, 0.1) is 0 Å². The molecule has 0 aliphatic heterocycles. The van der Waals surface area contributed by atoms with E-state index < -0.39 is 0 Å². The van der Waals surface area contributed by atoms with Crippen molar-refractivity contribution in [1.82, 2.24) is 10.6 Å². The number of thiophene rings is 1. The van der Waals surface area contributed by atoms with Gasteiger partial charge in [0.1, 0.15) is 0 Å². The number of nitrogens with one attached hydrogen (secondary N) is 3. The van der Waals surface area contributed by atoms with E-state index in [9.17, 15) is 4.79 Å². The van der Waals surface area contributed by atoms with E-state index in [1.54, 1.807) is 11.3 Å². The second kappa shape index (κ2) is 9.72. The van der Waals surface area contributed by atoms with E-state index >= 15 is 0 Å². The first-order valence-corrected chi connectivity index (χ1v) is 8.96. The highest BCUT2D eigenvalue weighted by Crippen LogP contribution is 2.11. The number of guanidine groups is 1. The van der Waals surface area contributed by atoms with E-state index in [1.165, 1.54) is 11.8 Å². The van der Waals surface area contributed by atoms with Crippen LogP contribution in [0.2, 0.25) is 0 Å². The molecular formula is C18H24N4OS. The fraction of sp³-hybridized carbons (Fsp3) is 0.333. The summed E-state index contributed by atoms with van der Waals surface area (Å²) in [6, 6.07) is 12.0. The Hall–Kier alpha value is -2.34. The molecule has 0 aliphatic rings. The lowest BCUT2D eigenvalue weighted by atomic mass is 10.2. The number of amides is 1. The van der Waals surface area contributed by atoms with Crippen LogP contribution in [0.1, 0.15) is 24.3 Å². The fourth-order valence-electron chi connectivity index (χ4n) is 2.22. The van der Waals surface area contributed by atoms with Crippen LogP contribution in [0.3, 0.4) is 0 Å². The number of nitrogens with zero attached hydrogens (tertiary/aromatic N) is 1. The first-order chi connectivity index (χ1) is 11.7. The molecule has 0 bridgehead atoms. The molecule has 0 atom stereocenters. The van der Waals surface area contributed by atoms with Crippen molar-refractivity contribution in [3.63, 3.8) is 0 Å². The van der Waals surface area contributed by atoms with Crippen molar-refractivity contribution in [2.75, 3.05) is 18.4 Å². The van der Waals surface area contributed by atoms with Crippen LogP contribution in [0.4, 0.5) is 5.69 Å². The van der Waals surface area contributed by atoms with E-state index in [0.29, 0.717) is 6.54 Å². The highest BCUT2D eigenvalue weighted by Gasteiger charge is 2.00. The smallest absolute Gasteiger partial charge is 0.221 e. The van der Waals surface area contributed by atoms with Gasteiger partial charge in [0.15, 0.2) is 5.96 Å². The van der Waals surface area contributed by atoms with Gasteiger partial charge in [-0.25, -0.2) is 4.99 Å². The zero-order valence-corrected chi connectivity index (χ0v) is 15.0. The van der Waals surface area contributed by atoms with Crippen molar-refractivity contribution in [1.29, 1.82) is 0 Å². The molecule has 128 valence electrons. The van der Waals surface area contributed by atoms with Gasteiger partial charge in [0, 0.05) is 30.6 Å². The summed E-state index contributed by atoms with van der Waals surface area (Å²) in [5.74, 6) is 0.734. The minimum atomic E-state index is -0.0702. The summed E-state index contributed by atoms with van der Waals surface area (Å²) in [6.07, 6.45) is 0.986. The first-order valence-electron chi connectivity index (χ1n) is 8.08. The number of hydrogen-bond donors (Lipinski definition) is 3. The zero-order valence-electron chi connectivity index (χ0n) is 14.1. The Kier molecular flexibility index (Phi) is 7.29. The van der Waals surface area contributed by atoms with Crippen LogP contribution in [-0.4, -0.2) is 25.0 Å². The van der Waals surface area contributed by atoms with Gasteiger partial charge in [-0.05, 0) is 42.5 Å². The van der Waals surface area contributed by atoms with Crippen molar-refractivity contribution in [3.8, 4) is 0 Å². The van der Waals surface area contributed by atoms with E-state index in [2.05, 4.69) is 38.5 Å². The summed E-state index contributed by atoms with van der Waals surface area (Å²) >= 11 is 1.77. The highest BCUT2D eigenvalue weighted by atomic mass is 32.1. The average Bonchev–Trinajstić information content (AvgIpc) is 3.06. The molecule has 0 fully saturated rings. The van der Waals surface area contributed by atoms with Gasteiger partial charge in [-0.15, -0.1) is 11.3 Å². The maximum atomic E-state index is 11.1. The maximum absolute atomic E-state index is 11.1. The predicted octanol–water partition coefficient (Wildman–Crippen LogP) is 3.00. The zero-order chi connectivity index (χ0) is 17.2. The SMILES string of the molecule is CCNC(=NCc1cccc(NC(C)=O)c1)NCCc1cccs1. The number of anilines is 1. The number of carbonyl (C=O) groups is 1. The highest BCUT2D eigenvalue weighted by molar-refractivity contribution is 7.09. The molecule has 3 N–H and O–H groups in total. The second-order valence-electron chi connectivity index (χ2n) is 5.33. The summed E-state index contributed by atoms with van der Waals surface area (Å²) in [4.78, 5) is 17.1. The Morgan fingerprint density at radius 1 is 1.21 bits per heavy atom. The summed E-state index contributed by atoms with van der Waals surface area (Å²) in [7, 11) is 0. The van der Waals surface area contributed by atoms with Crippen LogP contribution in [0.15, 0.2) is 46.8 Å². The largest absolute Gasteiger partial charge is 0.357 e. The standard InChI is InChI=1S/C18H24N4OS/c1-3-19-18(20-10-9-17-8-5-11-24-17)21-13-15-6-4-7-16(12-15)22-14(2)23/h4-8,11-12H,3,9-10,13H2,1-2H3,(H,22,23)(H2,19,20,21). The third kappa shape index (κ3) is 6.42. The topological polar surface area (TPSA) is 65.5 Å². The minimum absolute atomic E-state index is 0.0702. The van der Waals surface area contributed by atoms with Gasteiger partial charge in [-0.2, -0.15) is 0 Å². The van der Waals surface area contributed by atoms with Crippen molar-refractivity contribution in [2.45, 2.75) is 26.8 Å². The Labute approximate surface area is 147 Å². The van der Waals surface area contributed by atoms with Crippen LogP contribution >= 0.6 is 11.3 Å². The molecule has 0 aliphatic carbocycles. The van der Waals surface area contributed by atoms with Crippen LogP contribution in [0.5, 0.6) is 0 Å². The van der Waals surface area contributed by atoms with Gasteiger partial charge in [0.2, 0.25) is 5.91 Å². The second-order valence-corrected chi connectivity index (χ2v) is 6.37. The van der Waals surface area contributed by atoms with Gasteiger partial charge < -0.3 is 16.0 Å². The molecule has 0 saturated carbocycles. The van der Waals surface area contributed by atoms with Crippen LogP contribution in [-0.2, 0) is 17.8 Å². The summed E-state index contributed by atoms with van der Waals surface area (Å²) < 4.78 is 0. The lowest BCUT2D eigenvalue weighted by Crippen LogP contribution is -2.38. The normalized spacial score (nSPS) is 11.2. The molecule has 0 saturated heterocycles. The summed E-state index contributed by atoms with van der Waals surface area (Å²) in [5, 5.41) is 11.5. The van der Waals surface area contributed by atoms with Crippen molar-refractivity contribution < 1.29 is 4.79 Å². The number of carbonyl (C=O) groups excluding carboxylic acids is 1. The van der Waals surface area contributed by atoms with Crippen molar-refractivity contribution in [2.24, 2.45) is 4.99 Å². The molecule has 0 spiro atoms. The molecule has 6 heteroatoms. The van der Waals surface area contributed by atoms with Crippen molar-refractivity contribution in [3.05, 3.63) is 52.2 Å². The maximum Gasteiger partial charge on any atom is 0.221 e. The number of aliphatic imine (C=N–C) groups is 1. The Morgan fingerprint density at radius 3 is 2.79 bits per heavy atom. The first kappa shape index (κ1) is 18.0. The van der Waals surface area contributed by atoms with E-state index in [4.69, 9.17) is 0 Å². The van der Waals surface area contributed by atoms with Crippen LogP contribution in [0.25, 0.3) is 0 Å². The molecule has 24 heavy (non-hydrogen) atoms. The van der Waals surface area contributed by atoms with E-state index in [1.807, 2.05) is 31.2 Å². The molecule has 2 rings (SSSR count). The molecule has 1 aromatic heterocycles. The Balaban J connectivity index is 1.90. The summed E-state index contributed by atoms with van der Waals surface area (Å²) in [6.45, 7) is 5.77. The molecular weight excluding hydrogens is 320 g/mol. The van der Waals surface area contributed by atoms with Gasteiger partial charge in [0.25, 0.3) is 0 Å². The number of benzene rings is 1. The Morgan fingerprint density at radius 2 is 2.08 bits per heavy atom. The number of rotatable bonds is 7. The van der Waals surface area contributed by atoms with E-state index in [-0.39, 0.29) is 5.91 Å². The molecule has 1 amide bonds. The number of hydrogen-bond acceptors (Lipinski definition) is 3. The van der Waals surface area contributed by atoms with Gasteiger partial charge in [-0.3, -0.25) is 4.79 Å². The monoisotopic (exact) mass is 344 g/mol. The lowest BCUT2D eigenvalue weighted by molar-refractivity contribution is -0.114. The molecule has 1 heterocycles. The lowest BCUT2D eigenvalue weighted by Gasteiger charge is -2.11. The predicted molar refractivity (Wildman–Crippen MR) is 102 cm³/mol. The molecule has 2 aromatic rings. The fourth-order valence-corrected chi connectivity index (χ4v) is 2.93. The van der Waals surface area contributed by atoms with Gasteiger partial charge >= 0.3 is 0 Å². The third-order valence-corrected chi connectivity index (χ3v) is 4.19. The molecule has 1 aromatic carbocycles. The average molecular weight is 344 g/mol. The van der Waals surface area contributed by atoms with Crippen LogP contribution < -0.4 is 16.0 Å². The van der Waals surface area contributed by atoms with Gasteiger partial charge in [-0.1, -0.05) is 18.2 Å². The molecule has 0 unspecified atom stereocenters. The van der Waals surface area contributed by atoms with Gasteiger partial charge in [0.05, 0.1) is 6.54 Å². The minimum Gasteiger partial charge on any atom is -0.357 e.